The number of hydrogen-bond acceptors (Lipinski definition) is 5. The topological polar surface area (TPSA) is 65.1 Å². The molecule has 0 unspecified atom stereocenters. The molecule has 1 aromatic carbocycles. The molecule has 6 nitrogen and oxygen atoms in total. The standard InChI is InChI=1S/C13H15NO5.C3H8/c1-3-17-12(15)8-18-10-5-4-9-7-19-13(16)14(2)11(9)6-10;1-3-2/h4-6H,3,7-8H2,1-2H3;3H2,1-2H3. The van der Waals surface area contributed by atoms with Crippen LogP contribution in [-0.4, -0.2) is 32.3 Å². The summed E-state index contributed by atoms with van der Waals surface area (Å²) in [5.74, 6) is 0.0846. The first-order valence-corrected chi connectivity index (χ1v) is 7.35. The fourth-order valence-corrected chi connectivity index (χ4v) is 1.75. The Bertz CT molecular complexity index is 515. The van der Waals surface area contributed by atoms with Crippen LogP contribution >= 0.6 is 0 Å². The van der Waals surface area contributed by atoms with Gasteiger partial charge in [0.15, 0.2) is 6.61 Å². The van der Waals surface area contributed by atoms with Gasteiger partial charge in [-0.25, -0.2) is 9.59 Å². The van der Waals surface area contributed by atoms with Crippen LogP contribution in [0.2, 0.25) is 0 Å². The maximum Gasteiger partial charge on any atom is 0.414 e. The summed E-state index contributed by atoms with van der Waals surface area (Å²) >= 11 is 0. The number of amides is 1. The fourth-order valence-electron chi connectivity index (χ4n) is 1.75. The molecule has 0 spiro atoms. The largest absolute Gasteiger partial charge is 0.482 e. The van der Waals surface area contributed by atoms with E-state index in [2.05, 4.69) is 13.8 Å². The lowest BCUT2D eigenvalue weighted by atomic mass is 10.1. The van der Waals surface area contributed by atoms with Gasteiger partial charge in [0.1, 0.15) is 12.4 Å². The van der Waals surface area contributed by atoms with Gasteiger partial charge in [0.25, 0.3) is 0 Å². The molecule has 22 heavy (non-hydrogen) atoms. The Morgan fingerprint density at radius 2 is 2.00 bits per heavy atom. The minimum atomic E-state index is -0.423. The number of esters is 1. The van der Waals surface area contributed by atoms with Crippen molar-refractivity contribution in [2.75, 3.05) is 25.2 Å². The number of benzene rings is 1. The normalized spacial score (nSPS) is 12.5. The number of ether oxygens (including phenoxy) is 3. The molecule has 2 rings (SSSR count). The maximum atomic E-state index is 11.4. The van der Waals surface area contributed by atoms with Gasteiger partial charge in [-0.2, -0.15) is 0 Å². The predicted molar refractivity (Wildman–Crippen MR) is 83.1 cm³/mol. The average Bonchev–Trinajstić information content (AvgIpc) is 2.50. The van der Waals surface area contributed by atoms with Gasteiger partial charge in [-0.15, -0.1) is 0 Å². The Labute approximate surface area is 131 Å². The van der Waals surface area contributed by atoms with E-state index in [-0.39, 0.29) is 13.2 Å². The van der Waals surface area contributed by atoms with Gasteiger partial charge < -0.3 is 14.2 Å². The van der Waals surface area contributed by atoms with E-state index in [0.29, 0.717) is 12.4 Å². The lowest BCUT2D eigenvalue weighted by Gasteiger charge is -2.25. The Morgan fingerprint density at radius 1 is 1.32 bits per heavy atom. The highest BCUT2D eigenvalue weighted by Gasteiger charge is 2.22. The van der Waals surface area contributed by atoms with Crippen LogP contribution in [0.25, 0.3) is 0 Å². The number of hydrogen-bond donors (Lipinski definition) is 0. The summed E-state index contributed by atoms with van der Waals surface area (Å²) in [6.45, 7) is 6.40. The van der Waals surface area contributed by atoms with E-state index in [1.54, 1.807) is 32.2 Å². The molecule has 0 bridgehead atoms. The van der Waals surface area contributed by atoms with E-state index in [4.69, 9.17) is 14.2 Å². The van der Waals surface area contributed by atoms with E-state index in [1.165, 1.54) is 11.3 Å². The number of anilines is 1. The quantitative estimate of drug-likeness (QED) is 0.799. The van der Waals surface area contributed by atoms with Gasteiger partial charge in [0.05, 0.1) is 12.3 Å². The maximum absolute atomic E-state index is 11.4. The predicted octanol–water partition coefficient (Wildman–Crippen LogP) is 3.13. The van der Waals surface area contributed by atoms with Crippen molar-refractivity contribution >= 4 is 17.7 Å². The van der Waals surface area contributed by atoms with Gasteiger partial charge >= 0.3 is 12.1 Å². The summed E-state index contributed by atoms with van der Waals surface area (Å²) in [5, 5.41) is 0. The molecular weight excluding hydrogens is 286 g/mol. The molecule has 0 saturated carbocycles. The molecule has 0 fully saturated rings. The van der Waals surface area contributed by atoms with Crippen LogP contribution in [-0.2, 0) is 20.9 Å². The Kier molecular flexibility index (Phi) is 7.22. The molecule has 1 aliphatic heterocycles. The summed E-state index contributed by atoms with van der Waals surface area (Å²) < 4.78 is 15.0. The zero-order chi connectivity index (χ0) is 16.5. The third-order valence-electron chi connectivity index (χ3n) is 2.71. The van der Waals surface area contributed by atoms with Crippen LogP contribution in [0.1, 0.15) is 32.8 Å². The Morgan fingerprint density at radius 3 is 2.64 bits per heavy atom. The van der Waals surface area contributed by atoms with Crippen molar-refractivity contribution < 1.29 is 23.8 Å². The third kappa shape index (κ3) is 4.95. The molecule has 0 radical (unpaired) electrons. The molecule has 0 aromatic heterocycles. The minimum absolute atomic E-state index is 0.152. The van der Waals surface area contributed by atoms with Gasteiger partial charge in [-0.1, -0.05) is 20.3 Å². The van der Waals surface area contributed by atoms with Crippen molar-refractivity contribution in [1.29, 1.82) is 0 Å². The Hall–Kier alpha value is -2.24. The van der Waals surface area contributed by atoms with Gasteiger partial charge in [-0.05, 0) is 19.1 Å². The highest BCUT2D eigenvalue weighted by molar-refractivity contribution is 5.90. The first-order valence-electron chi connectivity index (χ1n) is 7.35. The molecule has 1 heterocycles. The second-order valence-electron chi connectivity index (χ2n) is 4.70. The van der Waals surface area contributed by atoms with E-state index in [1.807, 2.05) is 0 Å². The molecule has 0 aliphatic carbocycles. The van der Waals surface area contributed by atoms with E-state index < -0.39 is 12.1 Å². The summed E-state index contributed by atoms with van der Waals surface area (Å²) in [6.07, 6.45) is 0.843. The lowest BCUT2D eigenvalue weighted by Crippen LogP contribution is -2.31. The van der Waals surface area contributed by atoms with Crippen LogP contribution in [0, 0.1) is 0 Å². The van der Waals surface area contributed by atoms with Crippen LogP contribution in [0.4, 0.5) is 10.5 Å². The van der Waals surface area contributed by atoms with Crippen molar-refractivity contribution in [3.63, 3.8) is 0 Å². The first-order chi connectivity index (χ1) is 10.5. The van der Waals surface area contributed by atoms with Crippen LogP contribution in [0.5, 0.6) is 5.75 Å². The smallest absolute Gasteiger partial charge is 0.414 e. The number of cyclic esters (lactones) is 1. The second-order valence-corrected chi connectivity index (χ2v) is 4.70. The summed E-state index contributed by atoms with van der Waals surface area (Å²) in [6, 6.07) is 5.23. The van der Waals surface area contributed by atoms with Crippen molar-refractivity contribution in [3.8, 4) is 5.75 Å². The minimum Gasteiger partial charge on any atom is -0.482 e. The zero-order valence-corrected chi connectivity index (χ0v) is 13.5. The van der Waals surface area contributed by atoms with Crippen molar-refractivity contribution in [2.45, 2.75) is 33.8 Å². The summed E-state index contributed by atoms with van der Waals surface area (Å²) in [5.41, 5.74) is 1.61. The average molecular weight is 309 g/mol. The summed E-state index contributed by atoms with van der Waals surface area (Å²) in [7, 11) is 1.62. The highest BCUT2D eigenvalue weighted by Crippen LogP contribution is 2.29. The van der Waals surface area contributed by atoms with Crippen molar-refractivity contribution in [2.24, 2.45) is 0 Å². The SMILES string of the molecule is CCC.CCOC(=O)COc1ccc2c(c1)N(C)C(=O)OC2. The molecular formula is C16H23NO5. The number of rotatable bonds is 4. The number of nitrogens with zero attached hydrogens (tertiary/aromatic N) is 1. The third-order valence-corrected chi connectivity index (χ3v) is 2.71. The number of carbonyl (C=O) groups excluding carboxylic acids is 2. The number of fused-ring (bicyclic) bond motifs is 1. The van der Waals surface area contributed by atoms with Crippen molar-refractivity contribution in [1.82, 2.24) is 0 Å². The van der Waals surface area contributed by atoms with E-state index in [0.717, 1.165) is 11.3 Å². The van der Waals surface area contributed by atoms with E-state index in [9.17, 15) is 9.59 Å². The Balaban J connectivity index is 0.000000745. The van der Waals surface area contributed by atoms with Crippen LogP contribution < -0.4 is 9.64 Å². The van der Waals surface area contributed by atoms with Crippen molar-refractivity contribution in [3.05, 3.63) is 23.8 Å². The molecule has 1 aromatic rings. The molecule has 1 aliphatic rings. The van der Waals surface area contributed by atoms with Gasteiger partial charge in [-0.3, -0.25) is 4.90 Å². The summed E-state index contributed by atoms with van der Waals surface area (Å²) in [4.78, 5) is 24.0. The molecule has 0 N–H and O–H groups in total. The molecule has 0 saturated heterocycles. The monoisotopic (exact) mass is 309 g/mol. The zero-order valence-electron chi connectivity index (χ0n) is 13.5. The highest BCUT2D eigenvalue weighted by atomic mass is 16.6. The first kappa shape index (κ1) is 17.8. The molecule has 122 valence electrons. The fraction of sp³-hybridized carbons (Fsp3) is 0.500. The second kappa shape index (κ2) is 8.92. The molecule has 0 atom stereocenters. The van der Waals surface area contributed by atoms with Gasteiger partial charge in [0, 0.05) is 18.7 Å². The lowest BCUT2D eigenvalue weighted by molar-refractivity contribution is -0.145. The molecule has 1 amide bonds. The van der Waals surface area contributed by atoms with Gasteiger partial charge in [0.2, 0.25) is 0 Å². The number of carbonyl (C=O) groups is 2. The van der Waals surface area contributed by atoms with Crippen LogP contribution in [0.15, 0.2) is 18.2 Å². The molecule has 6 heteroatoms. The van der Waals surface area contributed by atoms with E-state index >= 15 is 0 Å². The van der Waals surface area contributed by atoms with Crippen LogP contribution in [0.3, 0.4) is 0 Å².